The van der Waals surface area contributed by atoms with Gasteiger partial charge in [-0.15, -0.1) is 0 Å². The lowest BCUT2D eigenvalue weighted by atomic mass is 9.94. The average Bonchev–Trinajstić information content (AvgIpc) is 2.53. The fourth-order valence-corrected chi connectivity index (χ4v) is 4.03. The van der Waals surface area contributed by atoms with Gasteiger partial charge < -0.3 is 15.2 Å². The Hall–Kier alpha value is -1.69. The summed E-state index contributed by atoms with van der Waals surface area (Å²) in [6.45, 7) is 3.27. The zero-order chi connectivity index (χ0) is 17.7. The van der Waals surface area contributed by atoms with Crippen molar-refractivity contribution in [2.24, 2.45) is 0 Å². The smallest absolute Gasteiger partial charge is 0.341 e. The minimum Gasteiger partial charge on any atom is -0.481 e. The minimum atomic E-state index is -1.02. The molecule has 1 saturated carbocycles. The predicted molar refractivity (Wildman–Crippen MR) is 96.1 cm³/mol. The summed E-state index contributed by atoms with van der Waals surface area (Å²) in [5.74, 6) is -0.553. The van der Waals surface area contributed by atoms with E-state index in [-0.39, 0.29) is 18.6 Å². The van der Waals surface area contributed by atoms with Crippen LogP contribution in [0.5, 0.6) is 5.75 Å². The molecule has 1 fully saturated rings. The molecule has 2 unspecified atom stereocenters. The van der Waals surface area contributed by atoms with Crippen molar-refractivity contribution in [2.75, 3.05) is 12.9 Å². The third-order valence-corrected chi connectivity index (χ3v) is 5.45. The molecule has 0 spiro atoms. The lowest BCUT2D eigenvalue weighted by Gasteiger charge is -2.28. The number of carbonyl (C=O) groups is 2. The number of benzene rings is 1. The number of ether oxygens (including phenoxy) is 1. The summed E-state index contributed by atoms with van der Waals surface area (Å²) in [5.41, 5.74) is 2.14. The van der Waals surface area contributed by atoms with Crippen LogP contribution in [0.3, 0.4) is 0 Å². The zero-order valence-corrected chi connectivity index (χ0v) is 15.2. The van der Waals surface area contributed by atoms with Crippen LogP contribution in [0.4, 0.5) is 0 Å². The van der Waals surface area contributed by atoms with E-state index in [0.717, 1.165) is 30.4 Å². The number of aryl methyl sites for hydroxylation is 2. The van der Waals surface area contributed by atoms with Gasteiger partial charge in [0.25, 0.3) is 5.91 Å². The van der Waals surface area contributed by atoms with Gasteiger partial charge in [-0.25, -0.2) is 4.79 Å². The van der Waals surface area contributed by atoms with Gasteiger partial charge in [-0.2, -0.15) is 11.8 Å². The van der Waals surface area contributed by atoms with Gasteiger partial charge in [0, 0.05) is 16.9 Å². The standard InChI is InChI=1S/C18H25NO4S/c1-11-7-13(8-12(2)17(11)23-10-16(20)21)18(22)19-14-5-4-6-15(9-14)24-3/h7-8,14-15H,4-6,9-10H2,1-3H3,(H,19,22)(H,20,21). The maximum atomic E-state index is 12.5. The number of carboxylic acids is 1. The molecule has 1 aliphatic carbocycles. The van der Waals surface area contributed by atoms with Gasteiger partial charge in [0.15, 0.2) is 6.61 Å². The Kier molecular flexibility index (Phi) is 6.54. The average molecular weight is 351 g/mol. The van der Waals surface area contributed by atoms with Crippen LogP contribution in [0.25, 0.3) is 0 Å². The predicted octanol–water partition coefficient (Wildman–Crippen LogP) is 3.17. The number of carboxylic acid groups (broad SMARTS) is 1. The first kappa shape index (κ1) is 18.6. The van der Waals surface area contributed by atoms with Crippen molar-refractivity contribution in [1.29, 1.82) is 0 Å². The van der Waals surface area contributed by atoms with Gasteiger partial charge in [0.2, 0.25) is 0 Å². The molecule has 0 saturated heterocycles. The third kappa shape index (κ3) is 4.90. The Morgan fingerprint density at radius 3 is 2.54 bits per heavy atom. The summed E-state index contributed by atoms with van der Waals surface area (Å²) in [6, 6.07) is 3.75. The van der Waals surface area contributed by atoms with E-state index in [2.05, 4.69) is 11.6 Å². The zero-order valence-electron chi connectivity index (χ0n) is 14.4. The van der Waals surface area contributed by atoms with Gasteiger partial charge in [0.05, 0.1) is 0 Å². The van der Waals surface area contributed by atoms with Gasteiger partial charge in [0.1, 0.15) is 5.75 Å². The van der Waals surface area contributed by atoms with Gasteiger partial charge in [-0.1, -0.05) is 6.42 Å². The topological polar surface area (TPSA) is 75.6 Å². The minimum absolute atomic E-state index is 0.0715. The first-order chi connectivity index (χ1) is 11.4. The van der Waals surface area contributed by atoms with Crippen molar-refractivity contribution in [3.63, 3.8) is 0 Å². The van der Waals surface area contributed by atoms with Crippen molar-refractivity contribution in [2.45, 2.75) is 50.8 Å². The van der Waals surface area contributed by atoms with Crippen LogP contribution in [0.2, 0.25) is 0 Å². The van der Waals surface area contributed by atoms with E-state index in [1.165, 1.54) is 6.42 Å². The Balaban J connectivity index is 2.05. The van der Waals surface area contributed by atoms with Crippen molar-refractivity contribution in [3.8, 4) is 5.75 Å². The van der Waals surface area contributed by atoms with Crippen LogP contribution in [0.15, 0.2) is 12.1 Å². The van der Waals surface area contributed by atoms with Crippen LogP contribution < -0.4 is 10.1 Å². The molecule has 0 aromatic heterocycles. The molecule has 2 atom stereocenters. The van der Waals surface area contributed by atoms with Gasteiger partial charge in [-0.3, -0.25) is 4.79 Å². The Morgan fingerprint density at radius 2 is 1.96 bits per heavy atom. The first-order valence-corrected chi connectivity index (χ1v) is 9.49. The molecule has 2 N–H and O–H groups in total. The maximum absolute atomic E-state index is 12.5. The lowest BCUT2D eigenvalue weighted by Crippen LogP contribution is -2.39. The first-order valence-electron chi connectivity index (χ1n) is 8.20. The van der Waals surface area contributed by atoms with E-state index in [1.54, 1.807) is 12.1 Å². The highest BCUT2D eigenvalue weighted by Gasteiger charge is 2.23. The molecule has 0 bridgehead atoms. The highest BCUT2D eigenvalue weighted by molar-refractivity contribution is 7.99. The second-order valence-electron chi connectivity index (χ2n) is 6.32. The van der Waals surface area contributed by atoms with Crippen LogP contribution >= 0.6 is 11.8 Å². The molecule has 0 radical (unpaired) electrons. The Bertz CT molecular complexity index is 594. The molecule has 6 heteroatoms. The fourth-order valence-electron chi connectivity index (χ4n) is 3.20. The fraction of sp³-hybridized carbons (Fsp3) is 0.556. The molecule has 0 aliphatic heterocycles. The molecule has 0 heterocycles. The number of nitrogens with one attached hydrogen (secondary N) is 1. The van der Waals surface area contributed by atoms with E-state index >= 15 is 0 Å². The van der Waals surface area contributed by atoms with Crippen LogP contribution in [0.1, 0.15) is 47.2 Å². The molecule has 24 heavy (non-hydrogen) atoms. The molecule has 2 rings (SSSR count). The molecular formula is C18H25NO4S. The second kappa shape index (κ2) is 8.42. The summed E-state index contributed by atoms with van der Waals surface area (Å²) < 4.78 is 5.31. The van der Waals surface area contributed by atoms with E-state index in [4.69, 9.17) is 9.84 Å². The molecule has 1 aromatic carbocycles. The number of aliphatic carboxylic acids is 1. The summed E-state index contributed by atoms with van der Waals surface area (Å²) in [4.78, 5) is 23.2. The normalized spacial score (nSPS) is 20.5. The van der Waals surface area contributed by atoms with Crippen molar-refractivity contribution >= 4 is 23.6 Å². The third-order valence-electron chi connectivity index (χ3n) is 4.36. The van der Waals surface area contributed by atoms with E-state index in [0.29, 0.717) is 16.6 Å². The number of hydrogen-bond donors (Lipinski definition) is 2. The second-order valence-corrected chi connectivity index (χ2v) is 7.45. The Labute approximate surface area is 147 Å². The number of hydrogen-bond acceptors (Lipinski definition) is 4. The van der Waals surface area contributed by atoms with Crippen LogP contribution in [-0.4, -0.2) is 41.1 Å². The number of amides is 1. The molecule has 1 aliphatic rings. The molecule has 132 valence electrons. The quantitative estimate of drug-likeness (QED) is 0.823. The van der Waals surface area contributed by atoms with E-state index in [9.17, 15) is 9.59 Å². The SMILES string of the molecule is CSC1CCCC(NC(=O)c2cc(C)c(OCC(=O)O)c(C)c2)C1. The number of rotatable bonds is 6. The van der Waals surface area contributed by atoms with Crippen LogP contribution in [0, 0.1) is 13.8 Å². The summed E-state index contributed by atoms with van der Waals surface area (Å²) in [6.07, 6.45) is 6.54. The Morgan fingerprint density at radius 1 is 1.29 bits per heavy atom. The molecular weight excluding hydrogens is 326 g/mol. The molecule has 5 nitrogen and oxygen atoms in total. The summed E-state index contributed by atoms with van der Waals surface area (Å²) in [7, 11) is 0. The van der Waals surface area contributed by atoms with Crippen molar-refractivity contribution < 1.29 is 19.4 Å². The van der Waals surface area contributed by atoms with E-state index < -0.39 is 5.97 Å². The van der Waals surface area contributed by atoms with Gasteiger partial charge in [-0.05, 0) is 62.6 Å². The summed E-state index contributed by atoms with van der Waals surface area (Å²) >= 11 is 1.87. The highest BCUT2D eigenvalue weighted by atomic mass is 32.2. The van der Waals surface area contributed by atoms with Gasteiger partial charge >= 0.3 is 5.97 Å². The number of carbonyl (C=O) groups excluding carboxylic acids is 1. The lowest BCUT2D eigenvalue weighted by molar-refractivity contribution is -0.139. The van der Waals surface area contributed by atoms with Crippen molar-refractivity contribution in [3.05, 3.63) is 28.8 Å². The molecule has 1 aromatic rings. The van der Waals surface area contributed by atoms with Crippen molar-refractivity contribution in [1.82, 2.24) is 5.32 Å². The van der Waals surface area contributed by atoms with Crippen LogP contribution in [-0.2, 0) is 4.79 Å². The van der Waals surface area contributed by atoms with E-state index in [1.807, 2.05) is 25.6 Å². The maximum Gasteiger partial charge on any atom is 0.341 e. The molecule has 1 amide bonds. The monoisotopic (exact) mass is 351 g/mol. The largest absolute Gasteiger partial charge is 0.481 e. The summed E-state index contributed by atoms with van der Waals surface area (Å²) in [5, 5.41) is 12.5. The number of thioether (sulfide) groups is 1. The highest BCUT2D eigenvalue weighted by Crippen LogP contribution is 2.28.